The largest absolute Gasteiger partial charge is 0.496 e. The average Bonchev–Trinajstić information content (AvgIpc) is 2.47. The van der Waals surface area contributed by atoms with Gasteiger partial charge in [-0.05, 0) is 36.4 Å². The zero-order chi connectivity index (χ0) is 15.4. The molecule has 2 aromatic carbocycles. The molecule has 0 saturated heterocycles. The number of anilines is 1. The van der Waals surface area contributed by atoms with Crippen molar-refractivity contribution in [3.63, 3.8) is 0 Å². The van der Waals surface area contributed by atoms with Crippen LogP contribution in [0, 0.1) is 11.3 Å². The molecule has 0 saturated carbocycles. The first-order valence-electron chi connectivity index (χ1n) is 5.89. The molecule has 2 aromatic rings. The van der Waals surface area contributed by atoms with Gasteiger partial charge in [0, 0.05) is 9.50 Å². The summed E-state index contributed by atoms with van der Waals surface area (Å²) in [7, 11) is 1.46. The lowest BCUT2D eigenvalue weighted by atomic mass is 10.1. The maximum atomic E-state index is 12.3. The van der Waals surface area contributed by atoms with Gasteiger partial charge in [-0.25, -0.2) is 0 Å². The molecule has 4 nitrogen and oxygen atoms in total. The van der Waals surface area contributed by atoms with Crippen LogP contribution < -0.4 is 10.1 Å². The fraction of sp³-hybridized carbons (Fsp3) is 0.0667. The van der Waals surface area contributed by atoms with Gasteiger partial charge < -0.3 is 10.1 Å². The van der Waals surface area contributed by atoms with E-state index < -0.39 is 0 Å². The molecule has 0 unspecified atom stereocenters. The summed E-state index contributed by atoms with van der Waals surface area (Å²) in [6.07, 6.45) is 0. The predicted octanol–water partition coefficient (Wildman–Crippen LogP) is 4.24. The van der Waals surface area contributed by atoms with E-state index in [1.807, 2.05) is 6.07 Å². The molecule has 1 N–H and O–H groups in total. The van der Waals surface area contributed by atoms with E-state index in [9.17, 15) is 4.79 Å². The van der Waals surface area contributed by atoms with E-state index in [1.54, 1.807) is 36.4 Å². The highest BCUT2D eigenvalue weighted by atomic mass is 79.9. The van der Waals surface area contributed by atoms with E-state index in [2.05, 4.69) is 21.2 Å². The summed E-state index contributed by atoms with van der Waals surface area (Å²) in [6.45, 7) is 0. The quantitative estimate of drug-likeness (QED) is 0.885. The number of ether oxygens (including phenoxy) is 1. The van der Waals surface area contributed by atoms with Crippen molar-refractivity contribution in [2.24, 2.45) is 0 Å². The molecule has 0 bridgehead atoms. The lowest BCUT2D eigenvalue weighted by molar-refractivity contribution is 0.102. The van der Waals surface area contributed by atoms with Crippen molar-refractivity contribution in [2.45, 2.75) is 0 Å². The molecule has 21 heavy (non-hydrogen) atoms. The first-order chi connectivity index (χ1) is 10.0. The summed E-state index contributed by atoms with van der Waals surface area (Å²) in [6, 6.07) is 11.8. The number of benzene rings is 2. The Morgan fingerprint density at radius 3 is 2.76 bits per heavy atom. The molecule has 0 aromatic heterocycles. The van der Waals surface area contributed by atoms with Crippen LogP contribution in [0.5, 0.6) is 5.75 Å². The Bertz CT molecular complexity index is 741. The van der Waals surface area contributed by atoms with Gasteiger partial charge in [0.25, 0.3) is 5.91 Å². The Hall–Kier alpha value is -2.03. The highest BCUT2D eigenvalue weighted by Gasteiger charge is 2.14. The maximum Gasteiger partial charge on any atom is 0.259 e. The summed E-state index contributed by atoms with van der Waals surface area (Å²) < 4.78 is 5.91. The summed E-state index contributed by atoms with van der Waals surface area (Å²) in [5.41, 5.74) is 1.14. The molecule has 0 aliphatic carbocycles. The lowest BCUT2D eigenvalue weighted by Gasteiger charge is -2.11. The number of amides is 1. The molecule has 106 valence electrons. The Kier molecular flexibility index (Phi) is 4.84. The molecule has 0 spiro atoms. The number of nitrogens with one attached hydrogen (secondary N) is 1. The fourth-order valence-corrected chi connectivity index (χ4v) is 2.28. The SMILES string of the molecule is COc1cc(Cl)ccc1C(=O)Nc1cc(Br)ccc1C#N. The van der Waals surface area contributed by atoms with Crippen molar-refractivity contribution < 1.29 is 9.53 Å². The molecule has 2 rings (SSSR count). The Morgan fingerprint density at radius 1 is 1.33 bits per heavy atom. The highest BCUT2D eigenvalue weighted by Crippen LogP contribution is 2.26. The van der Waals surface area contributed by atoms with Crippen LogP contribution in [-0.2, 0) is 0 Å². The smallest absolute Gasteiger partial charge is 0.259 e. The fourth-order valence-electron chi connectivity index (χ4n) is 1.76. The molecule has 6 heteroatoms. The minimum Gasteiger partial charge on any atom is -0.496 e. The van der Waals surface area contributed by atoms with Crippen molar-refractivity contribution in [3.8, 4) is 11.8 Å². The van der Waals surface area contributed by atoms with Crippen LogP contribution in [0.25, 0.3) is 0 Å². The Morgan fingerprint density at radius 2 is 2.10 bits per heavy atom. The predicted molar refractivity (Wildman–Crippen MR) is 84.8 cm³/mol. The number of halogens is 2. The van der Waals surface area contributed by atoms with Crippen molar-refractivity contribution in [1.29, 1.82) is 5.26 Å². The molecule has 0 aliphatic rings. The maximum absolute atomic E-state index is 12.3. The van der Waals surface area contributed by atoms with E-state index in [1.165, 1.54) is 7.11 Å². The van der Waals surface area contributed by atoms with Crippen molar-refractivity contribution in [1.82, 2.24) is 0 Å². The molecule has 0 heterocycles. The number of carbonyl (C=O) groups excluding carboxylic acids is 1. The normalized spacial score (nSPS) is 9.81. The van der Waals surface area contributed by atoms with Crippen molar-refractivity contribution >= 4 is 39.1 Å². The number of hydrogen-bond acceptors (Lipinski definition) is 3. The van der Waals surface area contributed by atoms with Crippen LogP contribution in [0.3, 0.4) is 0 Å². The minimum atomic E-state index is -0.377. The number of nitriles is 1. The second-order valence-electron chi connectivity index (χ2n) is 4.10. The molecular formula is C15H10BrClN2O2. The molecule has 0 fully saturated rings. The van der Waals surface area contributed by atoms with Gasteiger partial charge in [0.15, 0.2) is 0 Å². The molecule has 1 amide bonds. The number of nitrogens with zero attached hydrogens (tertiary/aromatic N) is 1. The van der Waals surface area contributed by atoms with E-state index in [0.717, 1.165) is 4.47 Å². The molecule has 0 radical (unpaired) electrons. The van der Waals surface area contributed by atoms with E-state index in [-0.39, 0.29) is 5.91 Å². The van der Waals surface area contributed by atoms with Crippen LogP contribution in [0.15, 0.2) is 40.9 Å². The van der Waals surface area contributed by atoms with Crippen molar-refractivity contribution in [3.05, 3.63) is 57.0 Å². The van der Waals surface area contributed by atoms with Gasteiger partial charge in [0.05, 0.1) is 23.9 Å². The van der Waals surface area contributed by atoms with Crippen LogP contribution in [0.1, 0.15) is 15.9 Å². The second-order valence-corrected chi connectivity index (χ2v) is 5.45. The number of hydrogen-bond donors (Lipinski definition) is 1. The van der Waals surface area contributed by atoms with Gasteiger partial charge in [-0.2, -0.15) is 5.26 Å². The standard InChI is InChI=1S/C15H10BrClN2O2/c1-21-14-7-11(17)4-5-12(14)15(20)19-13-6-10(16)3-2-9(13)8-18/h2-7H,1H3,(H,19,20). The van der Waals surface area contributed by atoms with Gasteiger partial charge >= 0.3 is 0 Å². The van der Waals surface area contributed by atoms with Crippen LogP contribution >= 0.6 is 27.5 Å². The summed E-state index contributed by atoms with van der Waals surface area (Å²) >= 11 is 9.17. The second kappa shape index (κ2) is 6.61. The summed E-state index contributed by atoms with van der Waals surface area (Å²) in [4.78, 5) is 12.3. The van der Waals surface area contributed by atoms with Gasteiger partial charge in [-0.15, -0.1) is 0 Å². The van der Waals surface area contributed by atoms with Crippen LogP contribution in [0.2, 0.25) is 5.02 Å². The average molecular weight is 366 g/mol. The minimum absolute atomic E-state index is 0.339. The third kappa shape index (κ3) is 3.54. The molecular weight excluding hydrogens is 356 g/mol. The van der Waals surface area contributed by atoms with E-state index in [0.29, 0.717) is 27.6 Å². The summed E-state index contributed by atoms with van der Waals surface area (Å²) in [5, 5.41) is 12.2. The first-order valence-corrected chi connectivity index (χ1v) is 7.07. The summed E-state index contributed by atoms with van der Waals surface area (Å²) in [5.74, 6) is -0.00776. The topological polar surface area (TPSA) is 62.1 Å². The zero-order valence-corrected chi connectivity index (χ0v) is 13.3. The van der Waals surface area contributed by atoms with E-state index in [4.69, 9.17) is 21.6 Å². The van der Waals surface area contributed by atoms with Crippen LogP contribution in [0.4, 0.5) is 5.69 Å². The lowest BCUT2D eigenvalue weighted by Crippen LogP contribution is -2.14. The third-order valence-corrected chi connectivity index (χ3v) is 3.49. The third-order valence-electron chi connectivity index (χ3n) is 2.76. The number of rotatable bonds is 3. The molecule has 0 atom stereocenters. The van der Waals surface area contributed by atoms with Crippen molar-refractivity contribution in [2.75, 3.05) is 12.4 Å². The number of carbonyl (C=O) groups is 1. The van der Waals surface area contributed by atoms with Gasteiger partial charge in [0.1, 0.15) is 11.8 Å². The highest BCUT2D eigenvalue weighted by molar-refractivity contribution is 9.10. The van der Waals surface area contributed by atoms with E-state index >= 15 is 0 Å². The van der Waals surface area contributed by atoms with Gasteiger partial charge in [-0.3, -0.25) is 4.79 Å². The monoisotopic (exact) mass is 364 g/mol. The van der Waals surface area contributed by atoms with Crippen LogP contribution in [-0.4, -0.2) is 13.0 Å². The number of methoxy groups -OCH3 is 1. The first kappa shape index (κ1) is 15.4. The van der Waals surface area contributed by atoms with Gasteiger partial charge in [-0.1, -0.05) is 27.5 Å². The molecule has 0 aliphatic heterocycles. The Balaban J connectivity index is 2.35. The van der Waals surface area contributed by atoms with Gasteiger partial charge in [0.2, 0.25) is 0 Å². The zero-order valence-electron chi connectivity index (χ0n) is 11.0. The Labute approximate surface area is 135 Å².